The molecule has 4 aromatic carbocycles. The molecule has 0 bridgehead atoms. The largest absolute Gasteiger partial charge is 0.478 e. The first-order chi connectivity index (χ1) is 21.6. The molecule has 1 aliphatic carbocycles. The molecule has 10 nitrogen and oxygen atoms in total. The van der Waals surface area contributed by atoms with E-state index in [9.17, 15) is 23.1 Å². The number of fused-ring (bicyclic) bond motifs is 2. The van der Waals surface area contributed by atoms with Crippen molar-refractivity contribution in [2.45, 2.75) is 42.8 Å². The van der Waals surface area contributed by atoms with E-state index in [0.717, 1.165) is 31.1 Å². The third-order valence-corrected chi connectivity index (χ3v) is 9.33. The second kappa shape index (κ2) is 12.3. The standard InChI is InChI=1S/C33H29ClN4O6S/c1-45(42,43)25-9-4-8-21(17-25)31(33(40)41)44-24-13-14-27(34)23(16-24)19-38-30-15-12-22(18-29(30)36-37-38)32(39)35-28-11-5-7-20-6-2-3-10-26(20)28/h2-4,6,8-10,12-18,28,31H,5,7,11,19H2,1H3,(H,35,39)(H,40,41). The second-order valence-electron chi connectivity index (χ2n) is 11.0. The van der Waals surface area contributed by atoms with Crippen molar-refractivity contribution >= 4 is 44.3 Å². The number of benzene rings is 4. The van der Waals surface area contributed by atoms with Gasteiger partial charge in [0.1, 0.15) is 11.3 Å². The van der Waals surface area contributed by atoms with Crippen molar-refractivity contribution in [1.82, 2.24) is 20.3 Å². The van der Waals surface area contributed by atoms with E-state index in [1.165, 1.54) is 35.9 Å². The topological polar surface area (TPSA) is 140 Å². The summed E-state index contributed by atoms with van der Waals surface area (Å²) in [6.45, 7) is 0.193. The summed E-state index contributed by atoms with van der Waals surface area (Å²) < 4.78 is 31.4. The summed E-state index contributed by atoms with van der Waals surface area (Å²) in [5.41, 5.74) is 4.88. The van der Waals surface area contributed by atoms with Crippen LogP contribution in [-0.4, -0.2) is 46.7 Å². The molecule has 5 aromatic rings. The zero-order chi connectivity index (χ0) is 31.7. The van der Waals surface area contributed by atoms with Crippen LogP contribution in [0.1, 0.15) is 57.6 Å². The molecule has 6 rings (SSSR count). The molecule has 0 fully saturated rings. The molecule has 2 unspecified atom stereocenters. The van der Waals surface area contributed by atoms with Gasteiger partial charge in [-0.1, -0.05) is 53.2 Å². The molecular formula is C33H29ClN4O6S. The maximum atomic E-state index is 13.2. The monoisotopic (exact) mass is 644 g/mol. The van der Waals surface area contributed by atoms with Crippen LogP contribution in [0.2, 0.25) is 5.02 Å². The molecule has 1 heterocycles. The lowest BCUT2D eigenvalue weighted by Crippen LogP contribution is -2.30. The van der Waals surface area contributed by atoms with E-state index in [1.54, 1.807) is 35.0 Å². The van der Waals surface area contributed by atoms with E-state index in [4.69, 9.17) is 16.3 Å². The van der Waals surface area contributed by atoms with Gasteiger partial charge in [0.05, 0.1) is 23.0 Å². The number of rotatable bonds is 9. The third kappa shape index (κ3) is 6.54. The van der Waals surface area contributed by atoms with E-state index in [0.29, 0.717) is 27.2 Å². The second-order valence-corrected chi connectivity index (χ2v) is 13.4. The smallest absolute Gasteiger partial charge is 0.349 e. The molecule has 2 N–H and O–H groups in total. The van der Waals surface area contributed by atoms with Crippen molar-refractivity contribution in [2.75, 3.05) is 6.26 Å². The average molecular weight is 645 g/mol. The van der Waals surface area contributed by atoms with E-state index in [1.807, 2.05) is 12.1 Å². The average Bonchev–Trinajstić information content (AvgIpc) is 3.42. The van der Waals surface area contributed by atoms with Gasteiger partial charge < -0.3 is 15.2 Å². The van der Waals surface area contributed by atoms with Crippen LogP contribution in [0.25, 0.3) is 11.0 Å². The summed E-state index contributed by atoms with van der Waals surface area (Å²) in [4.78, 5) is 25.3. The Bertz CT molecular complexity index is 2040. The number of nitrogens with one attached hydrogen (secondary N) is 1. The Kier molecular flexibility index (Phi) is 8.30. The Morgan fingerprint density at radius 3 is 2.69 bits per heavy atom. The molecule has 1 aliphatic rings. The van der Waals surface area contributed by atoms with Crippen LogP contribution >= 0.6 is 11.6 Å². The zero-order valence-electron chi connectivity index (χ0n) is 24.2. The highest BCUT2D eigenvalue weighted by atomic mass is 35.5. The minimum Gasteiger partial charge on any atom is -0.478 e. The number of hydrogen-bond acceptors (Lipinski definition) is 7. The molecule has 0 saturated carbocycles. The number of sulfone groups is 1. The first-order valence-corrected chi connectivity index (χ1v) is 16.5. The quantitative estimate of drug-likeness (QED) is 0.213. The maximum Gasteiger partial charge on any atom is 0.349 e. The number of aryl methyl sites for hydroxylation is 1. The summed E-state index contributed by atoms with van der Waals surface area (Å²) in [5.74, 6) is -1.25. The van der Waals surface area contributed by atoms with Crippen molar-refractivity contribution in [3.05, 3.63) is 118 Å². The normalized spacial score (nSPS) is 15.3. The first kappa shape index (κ1) is 30.3. The summed E-state index contributed by atoms with van der Waals surface area (Å²) in [6, 6.07) is 23.7. The molecule has 0 aliphatic heterocycles. The molecule has 12 heteroatoms. The predicted molar refractivity (Wildman–Crippen MR) is 168 cm³/mol. The highest BCUT2D eigenvalue weighted by molar-refractivity contribution is 7.90. The number of carboxylic acid groups (broad SMARTS) is 1. The molecule has 0 saturated heterocycles. The van der Waals surface area contributed by atoms with Gasteiger partial charge in [-0.3, -0.25) is 4.79 Å². The van der Waals surface area contributed by atoms with Crippen molar-refractivity contribution in [3.8, 4) is 5.75 Å². The van der Waals surface area contributed by atoms with Crippen LogP contribution in [0.5, 0.6) is 5.75 Å². The first-order valence-electron chi connectivity index (χ1n) is 14.3. The number of amides is 1. The summed E-state index contributed by atoms with van der Waals surface area (Å²) >= 11 is 6.49. The molecule has 45 heavy (non-hydrogen) atoms. The summed E-state index contributed by atoms with van der Waals surface area (Å²) in [6.07, 6.45) is 2.49. The lowest BCUT2D eigenvalue weighted by molar-refractivity contribution is -0.145. The Morgan fingerprint density at radius 1 is 1.07 bits per heavy atom. The van der Waals surface area contributed by atoms with E-state index < -0.39 is 21.9 Å². The van der Waals surface area contributed by atoms with Gasteiger partial charge in [0.15, 0.2) is 9.84 Å². The number of halogens is 1. The number of carbonyl (C=O) groups is 2. The highest BCUT2D eigenvalue weighted by Crippen LogP contribution is 2.31. The van der Waals surface area contributed by atoms with E-state index in [2.05, 4.69) is 27.8 Å². The number of nitrogens with zero attached hydrogens (tertiary/aromatic N) is 3. The number of aromatic nitrogens is 3. The molecule has 1 amide bonds. The van der Waals surface area contributed by atoms with Crippen LogP contribution in [0.3, 0.4) is 0 Å². The van der Waals surface area contributed by atoms with Crippen LogP contribution in [0.15, 0.2) is 89.8 Å². The van der Waals surface area contributed by atoms with Gasteiger partial charge in [-0.25, -0.2) is 17.9 Å². The van der Waals surface area contributed by atoms with Crippen LogP contribution in [-0.2, 0) is 27.6 Å². The fourth-order valence-electron chi connectivity index (χ4n) is 5.59. The van der Waals surface area contributed by atoms with Crippen LogP contribution in [0.4, 0.5) is 0 Å². The molecule has 2 atom stereocenters. The highest BCUT2D eigenvalue weighted by Gasteiger charge is 2.25. The Balaban J connectivity index is 1.20. The SMILES string of the molecule is CS(=O)(=O)c1cccc(C(Oc2ccc(Cl)c(Cn3nnc4cc(C(=O)NC5CCCc6ccccc65)ccc43)c2)C(=O)O)c1. The summed E-state index contributed by atoms with van der Waals surface area (Å²) in [7, 11) is -3.55. The van der Waals surface area contributed by atoms with Crippen LogP contribution < -0.4 is 10.1 Å². The number of ether oxygens (including phenoxy) is 1. The Morgan fingerprint density at radius 2 is 1.89 bits per heavy atom. The number of carboxylic acids is 1. The number of hydrogen-bond donors (Lipinski definition) is 2. The minimum absolute atomic E-state index is 0.00957. The van der Waals surface area contributed by atoms with Gasteiger partial charge in [0.25, 0.3) is 5.91 Å². The Labute approximate surface area is 264 Å². The minimum atomic E-state index is -3.55. The number of aliphatic carboxylic acids is 1. The zero-order valence-corrected chi connectivity index (χ0v) is 25.8. The summed E-state index contributed by atoms with van der Waals surface area (Å²) in [5, 5.41) is 22.0. The molecule has 0 spiro atoms. The Hall–Kier alpha value is -4.74. The van der Waals surface area contributed by atoms with Crippen molar-refractivity contribution in [2.24, 2.45) is 0 Å². The fraction of sp³-hybridized carbons (Fsp3) is 0.212. The van der Waals surface area contributed by atoms with Crippen molar-refractivity contribution in [3.63, 3.8) is 0 Å². The lowest BCUT2D eigenvalue weighted by atomic mass is 9.87. The van der Waals surface area contributed by atoms with Gasteiger partial charge in [-0.2, -0.15) is 0 Å². The van der Waals surface area contributed by atoms with Crippen molar-refractivity contribution < 1.29 is 27.9 Å². The van der Waals surface area contributed by atoms with E-state index >= 15 is 0 Å². The van der Waals surface area contributed by atoms with Gasteiger partial charge in [0, 0.05) is 22.4 Å². The predicted octanol–water partition coefficient (Wildman–Crippen LogP) is 5.55. The van der Waals surface area contributed by atoms with Gasteiger partial charge in [-0.05, 0) is 84.5 Å². The number of carbonyl (C=O) groups excluding carboxylic acids is 1. The maximum absolute atomic E-state index is 13.2. The van der Waals surface area contributed by atoms with Crippen molar-refractivity contribution in [1.29, 1.82) is 0 Å². The molecule has 230 valence electrons. The van der Waals surface area contributed by atoms with Gasteiger partial charge >= 0.3 is 5.97 Å². The molecule has 0 radical (unpaired) electrons. The van der Waals surface area contributed by atoms with E-state index in [-0.39, 0.29) is 34.7 Å². The van der Waals surface area contributed by atoms with Gasteiger partial charge in [0.2, 0.25) is 6.10 Å². The van der Waals surface area contributed by atoms with Crippen LogP contribution in [0, 0.1) is 0 Å². The molecular weight excluding hydrogens is 616 g/mol. The lowest BCUT2D eigenvalue weighted by Gasteiger charge is -2.26. The van der Waals surface area contributed by atoms with Gasteiger partial charge in [-0.15, -0.1) is 5.10 Å². The molecule has 1 aromatic heterocycles. The third-order valence-electron chi connectivity index (χ3n) is 7.86. The fourth-order valence-corrected chi connectivity index (χ4v) is 6.44.